The van der Waals surface area contributed by atoms with E-state index in [1.165, 1.54) is 0 Å². The molecule has 2 aromatic heterocycles. The normalized spacial score (nSPS) is 13.4. The zero-order chi connectivity index (χ0) is 22.0. The summed E-state index contributed by atoms with van der Waals surface area (Å²) < 4.78 is 16.4. The number of hydrogen-bond donors (Lipinski definition) is 4. The molecular weight excluding hydrogens is 385 g/mol. The first-order valence-electron chi connectivity index (χ1n) is 9.87. The van der Waals surface area contributed by atoms with Crippen molar-refractivity contribution in [2.75, 3.05) is 10.6 Å². The summed E-state index contributed by atoms with van der Waals surface area (Å²) in [5, 5.41) is 11.4. The van der Waals surface area contributed by atoms with Crippen LogP contribution < -0.4 is 22.1 Å². The van der Waals surface area contributed by atoms with Gasteiger partial charge in [-0.3, -0.25) is 9.48 Å². The molecule has 1 aromatic carbocycles. The molecule has 0 aliphatic carbocycles. The minimum absolute atomic E-state index is 0.0204. The summed E-state index contributed by atoms with van der Waals surface area (Å²) in [5.41, 5.74) is 13.1. The minimum atomic E-state index is -0.775. The molecule has 9 heteroatoms. The van der Waals surface area contributed by atoms with Crippen LogP contribution in [-0.4, -0.2) is 32.8 Å². The van der Waals surface area contributed by atoms with Crippen LogP contribution >= 0.6 is 0 Å². The van der Waals surface area contributed by atoms with Crippen molar-refractivity contribution in [2.45, 2.75) is 39.3 Å². The number of amides is 1. The molecule has 1 amide bonds. The molecule has 6 N–H and O–H groups in total. The summed E-state index contributed by atoms with van der Waals surface area (Å²) in [6.45, 7) is 6.00. The first kappa shape index (κ1) is 21.5. The number of aryl methyl sites for hydroxylation is 1. The zero-order valence-corrected chi connectivity index (χ0v) is 17.6. The minimum Gasteiger partial charge on any atom is -0.365 e. The fraction of sp³-hybridized carbons (Fsp3) is 0.381. The molecule has 0 saturated heterocycles. The molecule has 3 aromatic rings. The van der Waals surface area contributed by atoms with Crippen molar-refractivity contribution in [3.8, 4) is 0 Å². The van der Waals surface area contributed by atoms with Crippen molar-refractivity contribution in [1.29, 1.82) is 0 Å². The maximum atomic E-state index is 14.7. The lowest BCUT2D eigenvalue weighted by Crippen LogP contribution is -2.39. The van der Waals surface area contributed by atoms with Crippen LogP contribution in [0.15, 0.2) is 30.5 Å². The van der Waals surface area contributed by atoms with Gasteiger partial charge in [-0.25, -0.2) is 9.37 Å². The van der Waals surface area contributed by atoms with Crippen molar-refractivity contribution in [3.63, 3.8) is 0 Å². The molecule has 160 valence electrons. The fourth-order valence-electron chi connectivity index (χ4n) is 3.32. The number of rotatable bonds is 8. The predicted octanol–water partition coefficient (Wildman–Crippen LogP) is 3.12. The molecule has 3 rings (SSSR count). The quantitative estimate of drug-likeness (QED) is 0.450. The molecule has 0 aliphatic rings. The number of pyridine rings is 1. The Morgan fingerprint density at radius 2 is 1.97 bits per heavy atom. The lowest BCUT2D eigenvalue weighted by atomic mass is 9.99. The van der Waals surface area contributed by atoms with Crippen molar-refractivity contribution in [3.05, 3.63) is 41.8 Å². The molecular formula is C21H28FN7O. The Balaban J connectivity index is 1.98. The van der Waals surface area contributed by atoms with E-state index in [0.717, 1.165) is 23.4 Å². The third kappa shape index (κ3) is 4.68. The summed E-state index contributed by atoms with van der Waals surface area (Å²) in [4.78, 5) is 16.2. The number of aromatic nitrogens is 3. The molecule has 0 radical (unpaired) electrons. The average Bonchev–Trinajstić information content (AvgIpc) is 3.03. The highest BCUT2D eigenvalue weighted by Crippen LogP contribution is 2.27. The van der Waals surface area contributed by atoms with E-state index in [1.54, 1.807) is 10.9 Å². The van der Waals surface area contributed by atoms with E-state index in [9.17, 15) is 9.18 Å². The fourth-order valence-corrected chi connectivity index (χ4v) is 3.32. The van der Waals surface area contributed by atoms with Crippen molar-refractivity contribution in [1.82, 2.24) is 14.8 Å². The number of primary amides is 1. The van der Waals surface area contributed by atoms with Gasteiger partial charge in [0, 0.05) is 30.2 Å². The topological polar surface area (TPSA) is 124 Å². The van der Waals surface area contributed by atoms with Crippen molar-refractivity contribution >= 4 is 34.1 Å². The van der Waals surface area contributed by atoms with Crippen LogP contribution in [0.5, 0.6) is 0 Å². The van der Waals surface area contributed by atoms with Gasteiger partial charge in [-0.15, -0.1) is 0 Å². The second-order valence-electron chi connectivity index (χ2n) is 7.99. The Morgan fingerprint density at radius 1 is 1.23 bits per heavy atom. The summed E-state index contributed by atoms with van der Waals surface area (Å²) in [6.07, 6.45) is 2.51. The Labute approximate surface area is 174 Å². The van der Waals surface area contributed by atoms with E-state index in [4.69, 9.17) is 11.5 Å². The number of nitrogens with two attached hydrogens (primary N) is 2. The molecule has 30 heavy (non-hydrogen) atoms. The van der Waals surface area contributed by atoms with Gasteiger partial charge in [0.2, 0.25) is 0 Å². The maximum Gasteiger partial charge on any atom is 0.252 e. The van der Waals surface area contributed by atoms with Gasteiger partial charge in [0.1, 0.15) is 5.82 Å². The number of hydrogen-bond acceptors (Lipinski definition) is 6. The smallest absolute Gasteiger partial charge is 0.252 e. The Hall–Kier alpha value is -3.20. The number of nitrogens with one attached hydrogen (secondary N) is 2. The number of benzene rings is 1. The standard InChI is InChI=1S/C21H28FN7O/c1-11(2)7-17(12(3)23)27-21-16(22)9-15(19(24)30)20(28-21)26-14-6-5-13-10-25-29(4)18(13)8-14/h5-6,8-12,17H,7,23H2,1-4H3,(H2,24,30)(H2,26,27,28)/t12-,17+/m0/s1. The number of carbonyl (C=O) groups is 1. The molecule has 0 fully saturated rings. The van der Waals surface area contributed by atoms with Gasteiger partial charge in [0.05, 0.1) is 17.3 Å². The van der Waals surface area contributed by atoms with Crippen LogP contribution in [0.3, 0.4) is 0 Å². The summed E-state index contributed by atoms with van der Waals surface area (Å²) in [7, 11) is 1.84. The second kappa shape index (κ2) is 8.66. The molecule has 0 bridgehead atoms. The summed E-state index contributed by atoms with van der Waals surface area (Å²) in [5.74, 6) is -0.883. The van der Waals surface area contributed by atoms with E-state index in [2.05, 4.69) is 34.6 Å². The van der Waals surface area contributed by atoms with E-state index < -0.39 is 11.7 Å². The van der Waals surface area contributed by atoms with Crippen LogP contribution in [-0.2, 0) is 7.05 Å². The van der Waals surface area contributed by atoms with Crippen LogP contribution in [0, 0.1) is 11.7 Å². The summed E-state index contributed by atoms with van der Waals surface area (Å²) in [6, 6.07) is 6.30. The molecule has 2 heterocycles. The molecule has 0 saturated carbocycles. The number of fused-ring (bicyclic) bond motifs is 1. The predicted molar refractivity (Wildman–Crippen MR) is 117 cm³/mol. The highest BCUT2D eigenvalue weighted by Gasteiger charge is 2.21. The Bertz CT molecular complexity index is 1060. The first-order chi connectivity index (χ1) is 14.2. The highest BCUT2D eigenvalue weighted by atomic mass is 19.1. The maximum absolute atomic E-state index is 14.7. The van der Waals surface area contributed by atoms with E-state index in [-0.39, 0.29) is 29.3 Å². The average molecular weight is 414 g/mol. The molecule has 0 unspecified atom stereocenters. The monoisotopic (exact) mass is 413 g/mol. The van der Waals surface area contributed by atoms with Crippen LogP contribution in [0.2, 0.25) is 0 Å². The van der Waals surface area contributed by atoms with Crippen molar-refractivity contribution < 1.29 is 9.18 Å². The first-order valence-corrected chi connectivity index (χ1v) is 9.87. The number of nitrogens with zero attached hydrogens (tertiary/aromatic N) is 3. The van der Waals surface area contributed by atoms with Gasteiger partial charge >= 0.3 is 0 Å². The number of anilines is 3. The zero-order valence-electron chi connectivity index (χ0n) is 17.6. The van der Waals surface area contributed by atoms with Gasteiger partial charge in [0.15, 0.2) is 11.6 Å². The lowest BCUT2D eigenvalue weighted by Gasteiger charge is -2.25. The van der Waals surface area contributed by atoms with Crippen LogP contribution in [0.4, 0.5) is 21.7 Å². The number of carbonyl (C=O) groups excluding carboxylic acids is 1. The molecule has 0 spiro atoms. The van der Waals surface area contributed by atoms with E-state index >= 15 is 0 Å². The van der Waals surface area contributed by atoms with Crippen LogP contribution in [0.1, 0.15) is 37.6 Å². The third-order valence-electron chi connectivity index (χ3n) is 4.94. The SMILES string of the molecule is CC(C)C[C@@H](Nc1nc(Nc2ccc3cnn(C)c3c2)c(C(N)=O)cc1F)[C@H](C)N. The lowest BCUT2D eigenvalue weighted by molar-refractivity contribution is 0.100. The van der Waals surface area contributed by atoms with E-state index in [1.807, 2.05) is 32.2 Å². The van der Waals surface area contributed by atoms with Gasteiger partial charge in [-0.05, 0) is 43.5 Å². The van der Waals surface area contributed by atoms with Crippen molar-refractivity contribution in [2.24, 2.45) is 24.4 Å². The largest absolute Gasteiger partial charge is 0.365 e. The van der Waals surface area contributed by atoms with E-state index in [0.29, 0.717) is 11.6 Å². The highest BCUT2D eigenvalue weighted by molar-refractivity contribution is 5.99. The van der Waals surface area contributed by atoms with Gasteiger partial charge in [0.25, 0.3) is 5.91 Å². The third-order valence-corrected chi connectivity index (χ3v) is 4.94. The molecule has 8 nitrogen and oxygen atoms in total. The summed E-state index contributed by atoms with van der Waals surface area (Å²) >= 11 is 0. The van der Waals surface area contributed by atoms with Gasteiger partial charge in [-0.1, -0.05) is 13.8 Å². The molecule has 2 atom stereocenters. The Morgan fingerprint density at radius 3 is 2.60 bits per heavy atom. The molecule has 0 aliphatic heterocycles. The van der Waals surface area contributed by atoms with Crippen LogP contribution in [0.25, 0.3) is 10.9 Å². The second-order valence-corrected chi connectivity index (χ2v) is 7.99. The Kier molecular flexibility index (Phi) is 6.21. The number of halogens is 1. The van der Waals surface area contributed by atoms with Gasteiger partial charge < -0.3 is 22.1 Å². The van der Waals surface area contributed by atoms with Gasteiger partial charge in [-0.2, -0.15) is 5.10 Å².